The van der Waals surface area contributed by atoms with Crippen molar-refractivity contribution in [2.24, 2.45) is 0 Å². The van der Waals surface area contributed by atoms with Crippen LogP contribution in [0, 0.1) is 0 Å². The molecule has 2 aromatic carbocycles. The second kappa shape index (κ2) is 8.79. The van der Waals surface area contributed by atoms with Crippen molar-refractivity contribution < 1.29 is 18.7 Å². The molecule has 0 aliphatic carbocycles. The standard InChI is InChI=1S/C22H18N2O4S/c1-2-26-18-10-5-6-11-19(18)28-21(25)20-16(14-29-22-23-12-7-13-24-22)15-8-3-4-9-17(15)27-20/h3-13H,2,14H2,1H3. The Morgan fingerprint density at radius 2 is 1.72 bits per heavy atom. The van der Waals surface area contributed by atoms with E-state index in [4.69, 9.17) is 13.9 Å². The minimum atomic E-state index is -0.571. The maximum Gasteiger partial charge on any atom is 0.380 e. The number of hydrogen-bond acceptors (Lipinski definition) is 7. The molecule has 0 saturated heterocycles. The Morgan fingerprint density at radius 3 is 2.52 bits per heavy atom. The summed E-state index contributed by atoms with van der Waals surface area (Å²) in [6.07, 6.45) is 3.37. The molecule has 2 heterocycles. The number of fused-ring (bicyclic) bond motifs is 1. The van der Waals surface area contributed by atoms with Gasteiger partial charge in [-0.05, 0) is 31.2 Å². The summed E-state index contributed by atoms with van der Waals surface area (Å²) in [5.41, 5.74) is 1.37. The molecule has 7 heteroatoms. The van der Waals surface area contributed by atoms with E-state index in [-0.39, 0.29) is 5.76 Å². The molecule has 4 aromatic rings. The van der Waals surface area contributed by atoms with Gasteiger partial charge in [0.1, 0.15) is 5.58 Å². The summed E-state index contributed by atoms with van der Waals surface area (Å²) in [6, 6.07) is 16.3. The Kier molecular flexibility index (Phi) is 5.76. The molecule has 0 atom stereocenters. The SMILES string of the molecule is CCOc1ccccc1OC(=O)c1oc2ccccc2c1CSc1ncccn1. The van der Waals surface area contributed by atoms with Crippen LogP contribution in [0.3, 0.4) is 0 Å². The van der Waals surface area contributed by atoms with E-state index in [0.717, 1.165) is 10.9 Å². The first-order valence-electron chi connectivity index (χ1n) is 9.10. The largest absolute Gasteiger partial charge is 0.490 e. The van der Waals surface area contributed by atoms with Crippen molar-refractivity contribution in [1.29, 1.82) is 0 Å². The summed E-state index contributed by atoms with van der Waals surface area (Å²) in [6.45, 7) is 2.34. The van der Waals surface area contributed by atoms with E-state index in [1.165, 1.54) is 11.8 Å². The second-order valence-electron chi connectivity index (χ2n) is 6.00. The van der Waals surface area contributed by atoms with Gasteiger partial charge in [0.15, 0.2) is 16.7 Å². The van der Waals surface area contributed by atoms with Crippen molar-refractivity contribution in [3.63, 3.8) is 0 Å². The highest BCUT2D eigenvalue weighted by Gasteiger charge is 2.23. The summed E-state index contributed by atoms with van der Waals surface area (Å²) < 4.78 is 17.0. The van der Waals surface area contributed by atoms with E-state index in [2.05, 4.69) is 9.97 Å². The number of benzene rings is 2. The van der Waals surface area contributed by atoms with Crippen molar-refractivity contribution in [3.05, 3.63) is 78.3 Å². The van der Waals surface area contributed by atoms with E-state index in [1.54, 1.807) is 36.7 Å². The van der Waals surface area contributed by atoms with E-state index in [9.17, 15) is 4.79 Å². The molecule has 29 heavy (non-hydrogen) atoms. The van der Waals surface area contributed by atoms with E-state index >= 15 is 0 Å². The number of para-hydroxylation sites is 3. The van der Waals surface area contributed by atoms with Gasteiger partial charge >= 0.3 is 5.97 Å². The van der Waals surface area contributed by atoms with Crippen LogP contribution in [-0.2, 0) is 5.75 Å². The third-order valence-corrected chi connectivity index (χ3v) is 5.03. The molecule has 146 valence electrons. The molecule has 6 nitrogen and oxygen atoms in total. The lowest BCUT2D eigenvalue weighted by Crippen LogP contribution is -2.10. The van der Waals surface area contributed by atoms with Crippen molar-refractivity contribution in [1.82, 2.24) is 9.97 Å². The van der Waals surface area contributed by atoms with Crippen LogP contribution in [0.4, 0.5) is 0 Å². The lowest BCUT2D eigenvalue weighted by atomic mass is 10.1. The van der Waals surface area contributed by atoms with Crippen molar-refractivity contribution in [2.75, 3.05) is 6.61 Å². The van der Waals surface area contributed by atoms with E-state index in [1.807, 2.05) is 37.3 Å². The number of carbonyl (C=O) groups is 1. The van der Waals surface area contributed by atoms with E-state index < -0.39 is 5.97 Å². The normalized spacial score (nSPS) is 10.8. The highest BCUT2D eigenvalue weighted by molar-refractivity contribution is 7.98. The molecule has 0 spiro atoms. The molecule has 0 saturated carbocycles. The minimum Gasteiger partial charge on any atom is -0.490 e. The lowest BCUT2D eigenvalue weighted by Gasteiger charge is -2.10. The van der Waals surface area contributed by atoms with Gasteiger partial charge in [-0.25, -0.2) is 14.8 Å². The van der Waals surface area contributed by atoms with Crippen LogP contribution in [0.15, 0.2) is 76.6 Å². The maximum absolute atomic E-state index is 13.0. The van der Waals surface area contributed by atoms with Crippen LogP contribution in [0.5, 0.6) is 11.5 Å². The summed E-state index contributed by atoms with van der Waals surface area (Å²) in [4.78, 5) is 21.4. The molecule has 2 aromatic heterocycles. The number of aromatic nitrogens is 2. The zero-order chi connectivity index (χ0) is 20.1. The van der Waals surface area contributed by atoms with Gasteiger partial charge in [0, 0.05) is 29.1 Å². The predicted molar refractivity (Wildman–Crippen MR) is 110 cm³/mol. The molecule has 0 unspecified atom stereocenters. The van der Waals surface area contributed by atoms with Gasteiger partial charge in [0.2, 0.25) is 5.76 Å². The van der Waals surface area contributed by atoms with Crippen LogP contribution in [0.2, 0.25) is 0 Å². The highest BCUT2D eigenvalue weighted by atomic mass is 32.2. The average molecular weight is 406 g/mol. The van der Waals surface area contributed by atoms with Crippen LogP contribution in [0.25, 0.3) is 11.0 Å². The van der Waals surface area contributed by atoms with Gasteiger partial charge in [-0.15, -0.1) is 0 Å². The molecular formula is C22H18N2O4S. The molecule has 0 fully saturated rings. The summed E-state index contributed by atoms with van der Waals surface area (Å²) >= 11 is 1.43. The lowest BCUT2D eigenvalue weighted by molar-refractivity contribution is 0.0696. The van der Waals surface area contributed by atoms with Gasteiger partial charge in [0.05, 0.1) is 6.61 Å². The Bertz CT molecular complexity index is 1130. The van der Waals surface area contributed by atoms with Crippen LogP contribution >= 0.6 is 11.8 Å². The molecule has 0 aliphatic heterocycles. The van der Waals surface area contributed by atoms with Gasteiger partial charge in [-0.1, -0.05) is 42.1 Å². The zero-order valence-corrected chi connectivity index (χ0v) is 16.5. The Balaban J connectivity index is 1.65. The molecule has 0 amide bonds. The highest BCUT2D eigenvalue weighted by Crippen LogP contribution is 2.33. The number of carbonyl (C=O) groups excluding carboxylic acids is 1. The number of thioether (sulfide) groups is 1. The first-order valence-corrected chi connectivity index (χ1v) is 10.1. The van der Waals surface area contributed by atoms with Crippen molar-refractivity contribution >= 4 is 28.7 Å². The summed E-state index contributed by atoms with van der Waals surface area (Å²) in [5, 5.41) is 1.49. The fourth-order valence-corrected chi connectivity index (χ4v) is 3.69. The van der Waals surface area contributed by atoms with Crippen LogP contribution < -0.4 is 9.47 Å². The second-order valence-corrected chi connectivity index (χ2v) is 6.94. The van der Waals surface area contributed by atoms with Gasteiger partial charge in [-0.2, -0.15) is 0 Å². The first kappa shape index (κ1) is 19.0. The van der Waals surface area contributed by atoms with Crippen molar-refractivity contribution in [2.45, 2.75) is 17.8 Å². The maximum atomic E-state index is 13.0. The van der Waals surface area contributed by atoms with Gasteiger partial charge < -0.3 is 13.9 Å². The quantitative estimate of drug-likeness (QED) is 0.182. The number of nitrogens with zero attached hydrogens (tertiary/aromatic N) is 2. The number of ether oxygens (including phenoxy) is 2. The third-order valence-electron chi connectivity index (χ3n) is 4.12. The topological polar surface area (TPSA) is 74.5 Å². The number of rotatable bonds is 7. The predicted octanol–water partition coefficient (Wildman–Crippen LogP) is 5.13. The Morgan fingerprint density at radius 1 is 1.00 bits per heavy atom. The molecule has 0 N–H and O–H groups in total. The van der Waals surface area contributed by atoms with Gasteiger partial charge in [0.25, 0.3) is 0 Å². The number of hydrogen-bond donors (Lipinski definition) is 0. The zero-order valence-electron chi connectivity index (χ0n) is 15.7. The fraction of sp³-hybridized carbons (Fsp3) is 0.136. The minimum absolute atomic E-state index is 0.168. The molecule has 0 aliphatic rings. The number of furan rings is 1. The summed E-state index contributed by atoms with van der Waals surface area (Å²) in [5.74, 6) is 0.926. The Hall–Kier alpha value is -3.32. The Labute approximate surface area is 171 Å². The fourth-order valence-electron chi connectivity index (χ4n) is 2.86. The molecule has 0 bridgehead atoms. The van der Waals surface area contributed by atoms with Crippen LogP contribution in [0.1, 0.15) is 23.0 Å². The first-order chi connectivity index (χ1) is 14.3. The van der Waals surface area contributed by atoms with Gasteiger partial charge in [-0.3, -0.25) is 0 Å². The average Bonchev–Trinajstić information content (AvgIpc) is 3.13. The monoisotopic (exact) mass is 406 g/mol. The number of esters is 1. The molecule has 0 radical (unpaired) electrons. The summed E-state index contributed by atoms with van der Waals surface area (Å²) in [7, 11) is 0. The van der Waals surface area contributed by atoms with Crippen LogP contribution in [-0.4, -0.2) is 22.5 Å². The van der Waals surface area contributed by atoms with E-state index in [0.29, 0.717) is 34.6 Å². The van der Waals surface area contributed by atoms with Crippen molar-refractivity contribution in [3.8, 4) is 11.5 Å². The third kappa shape index (κ3) is 4.25. The smallest absolute Gasteiger partial charge is 0.380 e. The molecular weight excluding hydrogens is 388 g/mol. The molecule has 4 rings (SSSR count).